The minimum absolute atomic E-state index is 0.203. The summed E-state index contributed by atoms with van der Waals surface area (Å²) in [7, 11) is 0. The van der Waals surface area contributed by atoms with Gasteiger partial charge in [0.05, 0.1) is 11.1 Å². The first-order chi connectivity index (χ1) is 11.3. The van der Waals surface area contributed by atoms with Gasteiger partial charge in [-0.25, -0.2) is 9.97 Å². The van der Waals surface area contributed by atoms with Gasteiger partial charge in [0.1, 0.15) is 30.5 Å². The molecule has 0 saturated carbocycles. The Morgan fingerprint density at radius 1 is 1.30 bits per heavy atom. The van der Waals surface area contributed by atoms with E-state index in [4.69, 9.17) is 15.9 Å². The highest BCUT2D eigenvalue weighted by Gasteiger charge is 2.13. The summed E-state index contributed by atoms with van der Waals surface area (Å²) in [6.07, 6.45) is 8.60. The standard InChI is InChI=1S/C18H15N3O2/c1-3-10-22-13-7-8-14(16(12-13)23-11-4-2)17-20-15-6-5-9-19-18(15)21-17/h1,4-9,12H,2,10-11H2,(H,19,20,21). The Labute approximate surface area is 134 Å². The second-order valence-corrected chi connectivity index (χ2v) is 4.71. The Morgan fingerprint density at radius 2 is 2.22 bits per heavy atom. The van der Waals surface area contributed by atoms with Crippen molar-refractivity contribution in [2.45, 2.75) is 0 Å². The average Bonchev–Trinajstić information content (AvgIpc) is 3.02. The largest absolute Gasteiger partial charge is 0.489 e. The Balaban J connectivity index is 2.02. The Morgan fingerprint density at radius 3 is 3.00 bits per heavy atom. The van der Waals surface area contributed by atoms with Crippen LogP contribution in [-0.4, -0.2) is 28.2 Å². The predicted octanol–water partition coefficient (Wildman–Crippen LogP) is 3.20. The van der Waals surface area contributed by atoms with Crippen molar-refractivity contribution in [3.8, 4) is 35.2 Å². The molecule has 3 aromatic rings. The van der Waals surface area contributed by atoms with Gasteiger partial charge in [0.2, 0.25) is 0 Å². The predicted molar refractivity (Wildman–Crippen MR) is 89.3 cm³/mol. The molecule has 0 saturated heterocycles. The maximum atomic E-state index is 5.73. The summed E-state index contributed by atoms with van der Waals surface area (Å²) in [4.78, 5) is 12.0. The van der Waals surface area contributed by atoms with Crippen LogP contribution >= 0.6 is 0 Å². The molecule has 0 fully saturated rings. The van der Waals surface area contributed by atoms with Crippen LogP contribution in [0.1, 0.15) is 0 Å². The highest BCUT2D eigenvalue weighted by Crippen LogP contribution is 2.32. The molecular formula is C18H15N3O2. The summed E-state index contributed by atoms with van der Waals surface area (Å²) in [5, 5.41) is 0. The summed E-state index contributed by atoms with van der Waals surface area (Å²) >= 11 is 0. The number of terminal acetylenes is 1. The molecule has 0 atom stereocenters. The van der Waals surface area contributed by atoms with Crippen LogP contribution < -0.4 is 9.47 Å². The van der Waals surface area contributed by atoms with Crippen LogP contribution in [0.25, 0.3) is 22.6 Å². The molecule has 0 amide bonds. The van der Waals surface area contributed by atoms with Gasteiger partial charge in [-0.05, 0) is 24.3 Å². The van der Waals surface area contributed by atoms with E-state index in [-0.39, 0.29) is 6.61 Å². The molecule has 0 aliphatic heterocycles. The molecule has 5 nitrogen and oxygen atoms in total. The van der Waals surface area contributed by atoms with E-state index in [0.29, 0.717) is 29.6 Å². The minimum Gasteiger partial charge on any atom is -0.489 e. The maximum Gasteiger partial charge on any atom is 0.178 e. The van der Waals surface area contributed by atoms with E-state index in [1.165, 1.54) is 0 Å². The van der Waals surface area contributed by atoms with E-state index in [1.54, 1.807) is 18.3 Å². The lowest BCUT2D eigenvalue weighted by molar-refractivity contribution is 0.349. The molecule has 2 aromatic heterocycles. The zero-order valence-electron chi connectivity index (χ0n) is 12.5. The van der Waals surface area contributed by atoms with Crippen molar-refractivity contribution in [3.63, 3.8) is 0 Å². The molecule has 114 valence electrons. The average molecular weight is 305 g/mol. The molecule has 0 aliphatic carbocycles. The van der Waals surface area contributed by atoms with Gasteiger partial charge in [-0.15, -0.1) is 6.42 Å². The lowest BCUT2D eigenvalue weighted by Gasteiger charge is -2.11. The Kier molecular flexibility index (Phi) is 4.25. The fraction of sp³-hybridized carbons (Fsp3) is 0.111. The summed E-state index contributed by atoms with van der Waals surface area (Å²) in [6.45, 7) is 4.25. The first-order valence-electron chi connectivity index (χ1n) is 7.07. The van der Waals surface area contributed by atoms with Gasteiger partial charge in [-0.1, -0.05) is 18.6 Å². The molecule has 0 aliphatic rings. The van der Waals surface area contributed by atoms with Gasteiger partial charge in [0.25, 0.3) is 0 Å². The number of pyridine rings is 1. The van der Waals surface area contributed by atoms with Gasteiger partial charge in [-0.2, -0.15) is 0 Å². The van der Waals surface area contributed by atoms with E-state index in [1.807, 2.05) is 24.3 Å². The van der Waals surface area contributed by atoms with Crippen molar-refractivity contribution in [1.29, 1.82) is 0 Å². The fourth-order valence-corrected chi connectivity index (χ4v) is 2.15. The summed E-state index contributed by atoms with van der Waals surface area (Å²) < 4.78 is 11.2. The molecule has 2 heterocycles. The number of fused-ring (bicyclic) bond motifs is 1. The third kappa shape index (κ3) is 3.16. The maximum absolute atomic E-state index is 5.73. The zero-order valence-corrected chi connectivity index (χ0v) is 12.5. The van der Waals surface area contributed by atoms with Crippen molar-refractivity contribution in [1.82, 2.24) is 15.0 Å². The number of hydrogen-bond acceptors (Lipinski definition) is 4. The monoisotopic (exact) mass is 305 g/mol. The number of aromatic amines is 1. The number of nitrogens with zero attached hydrogens (tertiary/aromatic N) is 2. The van der Waals surface area contributed by atoms with Gasteiger partial charge in [0, 0.05) is 12.3 Å². The first-order valence-corrected chi connectivity index (χ1v) is 7.07. The molecule has 0 unspecified atom stereocenters. The van der Waals surface area contributed by atoms with Crippen LogP contribution in [-0.2, 0) is 0 Å². The van der Waals surface area contributed by atoms with Crippen LogP contribution in [0.15, 0.2) is 49.2 Å². The normalized spacial score (nSPS) is 10.2. The Hall–Kier alpha value is -3.26. The van der Waals surface area contributed by atoms with Gasteiger partial charge in [-0.3, -0.25) is 0 Å². The topological polar surface area (TPSA) is 60.0 Å². The SMILES string of the molecule is C#CCOc1ccc(-c2nc3ncccc3[nH]2)c(OCC=C)c1. The number of rotatable bonds is 6. The van der Waals surface area contributed by atoms with Crippen molar-refractivity contribution in [3.05, 3.63) is 49.2 Å². The van der Waals surface area contributed by atoms with Crippen LogP contribution in [0.4, 0.5) is 0 Å². The third-order valence-corrected chi connectivity index (χ3v) is 3.14. The Bertz CT molecular complexity index is 844. The van der Waals surface area contributed by atoms with Gasteiger partial charge in [0.15, 0.2) is 5.65 Å². The number of aromatic nitrogens is 3. The smallest absolute Gasteiger partial charge is 0.178 e. The van der Waals surface area contributed by atoms with E-state index in [0.717, 1.165) is 11.1 Å². The third-order valence-electron chi connectivity index (χ3n) is 3.14. The highest BCUT2D eigenvalue weighted by molar-refractivity contribution is 5.77. The number of hydrogen-bond donors (Lipinski definition) is 1. The van der Waals surface area contributed by atoms with Crippen molar-refractivity contribution >= 4 is 11.2 Å². The first kappa shape index (κ1) is 14.7. The highest BCUT2D eigenvalue weighted by atomic mass is 16.5. The molecular weight excluding hydrogens is 290 g/mol. The fourth-order valence-electron chi connectivity index (χ4n) is 2.15. The number of H-pyrrole nitrogens is 1. The molecule has 0 spiro atoms. The van der Waals surface area contributed by atoms with Gasteiger partial charge < -0.3 is 14.5 Å². The summed E-state index contributed by atoms with van der Waals surface area (Å²) in [5.74, 6) is 4.39. The second-order valence-electron chi connectivity index (χ2n) is 4.71. The van der Waals surface area contributed by atoms with Crippen LogP contribution in [0.2, 0.25) is 0 Å². The lowest BCUT2D eigenvalue weighted by atomic mass is 10.2. The van der Waals surface area contributed by atoms with E-state index < -0.39 is 0 Å². The summed E-state index contributed by atoms with van der Waals surface area (Å²) in [5.41, 5.74) is 2.34. The lowest BCUT2D eigenvalue weighted by Crippen LogP contribution is -1.98. The van der Waals surface area contributed by atoms with Crippen LogP contribution in [0.3, 0.4) is 0 Å². The number of ether oxygens (including phenoxy) is 2. The zero-order chi connectivity index (χ0) is 16.1. The summed E-state index contributed by atoms with van der Waals surface area (Å²) in [6, 6.07) is 9.27. The number of imidazole rings is 1. The molecule has 0 bridgehead atoms. The van der Waals surface area contributed by atoms with Crippen LogP contribution in [0, 0.1) is 12.3 Å². The quantitative estimate of drug-likeness (QED) is 0.561. The second kappa shape index (κ2) is 6.67. The van der Waals surface area contributed by atoms with Gasteiger partial charge >= 0.3 is 0 Å². The van der Waals surface area contributed by atoms with Crippen molar-refractivity contribution in [2.75, 3.05) is 13.2 Å². The van der Waals surface area contributed by atoms with E-state index in [9.17, 15) is 0 Å². The van der Waals surface area contributed by atoms with Crippen molar-refractivity contribution in [2.24, 2.45) is 0 Å². The van der Waals surface area contributed by atoms with Crippen molar-refractivity contribution < 1.29 is 9.47 Å². The number of benzene rings is 1. The molecule has 0 radical (unpaired) electrons. The van der Waals surface area contributed by atoms with E-state index in [2.05, 4.69) is 27.5 Å². The molecule has 23 heavy (non-hydrogen) atoms. The number of nitrogens with one attached hydrogen (secondary N) is 1. The minimum atomic E-state index is 0.203. The molecule has 1 N–H and O–H groups in total. The van der Waals surface area contributed by atoms with E-state index >= 15 is 0 Å². The molecule has 3 rings (SSSR count). The molecule has 5 heteroatoms. The van der Waals surface area contributed by atoms with Crippen LogP contribution in [0.5, 0.6) is 11.5 Å². The molecule has 1 aromatic carbocycles.